The number of guanidine groups is 1. The molecule has 0 aromatic heterocycles. The van der Waals surface area contributed by atoms with E-state index in [1.54, 1.807) is 30.6 Å². The van der Waals surface area contributed by atoms with Crippen LogP contribution in [0.4, 0.5) is 10.5 Å². The molecule has 3 amide bonds. The van der Waals surface area contributed by atoms with Gasteiger partial charge in [0, 0.05) is 38.7 Å². The summed E-state index contributed by atoms with van der Waals surface area (Å²) >= 11 is 0. The molecule has 10 heteroatoms. The van der Waals surface area contributed by atoms with Gasteiger partial charge in [0.1, 0.15) is 17.9 Å². The van der Waals surface area contributed by atoms with E-state index < -0.39 is 17.6 Å². The number of carbonyl (C=O) groups is 3. The van der Waals surface area contributed by atoms with Crippen LogP contribution < -0.4 is 15.4 Å². The molecule has 1 aromatic carbocycles. The fourth-order valence-electron chi connectivity index (χ4n) is 3.93. The molecule has 10 nitrogen and oxygen atoms in total. The molecule has 0 radical (unpaired) electrons. The fourth-order valence-corrected chi connectivity index (χ4v) is 3.93. The third-order valence-electron chi connectivity index (χ3n) is 5.82. The molecule has 0 spiro atoms. The molecule has 1 heterocycles. The molecule has 0 bridgehead atoms. The van der Waals surface area contributed by atoms with Crippen LogP contribution in [0, 0.1) is 0 Å². The number of urea groups is 1. The van der Waals surface area contributed by atoms with Crippen LogP contribution in [0.25, 0.3) is 0 Å². The summed E-state index contributed by atoms with van der Waals surface area (Å²) in [4.78, 5) is 45.1. The summed E-state index contributed by atoms with van der Waals surface area (Å²) in [5, 5.41) is 5.40. The molecular weight excluding hydrogens is 486 g/mol. The second-order valence-electron chi connectivity index (χ2n) is 10.5. The molecule has 0 fully saturated rings. The highest BCUT2D eigenvalue weighted by Gasteiger charge is 2.26. The maximum atomic E-state index is 12.5. The molecule has 0 saturated heterocycles. The third-order valence-corrected chi connectivity index (χ3v) is 5.82. The number of carbonyl (C=O) groups excluding carboxylic acids is 3. The Hall–Kier alpha value is -3.30. The van der Waals surface area contributed by atoms with Gasteiger partial charge in [-0.3, -0.25) is 14.9 Å². The molecule has 1 aromatic rings. The van der Waals surface area contributed by atoms with E-state index >= 15 is 0 Å². The minimum atomic E-state index is -0.624. The number of unbranched alkanes of at least 4 members (excludes halogenated alkanes) is 3. The van der Waals surface area contributed by atoms with Crippen LogP contribution >= 0.6 is 0 Å². The number of hydrogen-bond donors (Lipinski definition) is 2. The van der Waals surface area contributed by atoms with Gasteiger partial charge in [0.25, 0.3) is 0 Å². The fraction of sp³-hybridized carbons (Fsp3) is 0.643. The minimum Gasteiger partial charge on any atom is -0.494 e. The molecule has 0 saturated carbocycles. The van der Waals surface area contributed by atoms with Crippen LogP contribution in [0.15, 0.2) is 23.2 Å². The van der Waals surface area contributed by atoms with Crippen LogP contribution in [0.2, 0.25) is 0 Å². The predicted octanol–water partition coefficient (Wildman–Crippen LogP) is 4.35. The molecule has 2 N–H and O–H groups in total. The lowest BCUT2D eigenvalue weighted by molar-refractivity contribution is -0.155. The van der Waals surface area contributed by atoms with Crippen LogP contribution in [-0.4, -0.2) is 72.6 Å². The summed E-state index contributed by atoms with van der Waals surface area (Å²) in [6, 6.07) is 5.12. The van der Waals surface area contributed by atoms with Crippen molar-refractivity contribution in [2.45, 2.75) is 85.3 Å². The Morgan fingerprint density at radius 2 is 1.87 bits per heavy atom. The maximum absolute atomic E-state index is 12.5. The van der Waals surface area contributed by atoms with Crippen molar-refractivity contribution < 1.29 is 23.9 Å². The number of amides is 3. The lowest BCUT2D eigenvalue weighted by atomic mass is 10.1. The van der Waals surface area contributed by atoms with Crippen molar-refractivity contribution in [2.75, 3.05) is 33.3 Å². The lowest BCUT2D eigenvalue weighted by Crippen LogP contribution is -2.50. The smallest absolute Gasteiger partial charge is 0.326 e. The molecule has 212 valence electrons. The normalized spacial score (nSPS) is 12.8. The van der Waals surface area contributed by atoms with Gasteiger partial charge in [-0.25, -0.2) is 9.79 Å². The Balaban J connectivity index is 1.98. The summed E-state index contributed by atoms with van der Waals surface area (Å²) in [7, 11) is 1.86. The second kappa shape index (κ2) is 15.2. The minimum absolute atomic E-state index is 0.0683. The van der Waals surface area contributed by atoms with Gasteiger partial charge in [-0.2, -0.15) is 0 Å². The van der Waals surface area contributed by atoms with E-state index in [1.165, 1.54) is 12.8 Å². The van der Waals surface area contributed by atoms with E-state index in [2.05, 4.69) is 22.5 Å². The zero-order chi connectivity index (χ0) is 28.1. The highest BCUT2D eigenvalue weighted by molar-refractivity contribution is 5.99. The van der Waals surface area contributed by atoms with Crippen LogP contribution in [-0.2, 0) is 20.9 Å². The molecular formula is C28H45N5O5. The monoisotopic (exact) mass is 531 g/mol. The number of esters is 1. The summed E-state index contributed by atoms with van der Waals surface area (Å²) < 4.78 is 11.4. The molecule has 1 aliphatic heterocycles. The van der Waals surface area contributed by atoms with Gasteiger partial charge >= 0.3 is 12.0 Å². The Morgan fingerprint density at radius 1 is 1.11 bits per heavy atom. The van der Waals surface area contributed by atoms with Gasteiger partial charge in [-0.1, -0.05) is 26.2 Å². The van der Waals surface area contributed by atoms with E-state index in [1.807, 2.05) is 32.2 Å². The number of benzene rings is 1. The number of ether oxygens (including phenoxy) is 2. The standard InChI is InChI=1S/C28H45N5O5/c1-7-9-10-11-16-32(6)24(34)13-12-17-37-22-14-15-23-21(18-22)19-33(20-25(35)38-28(3,4)5)26(30-23)31-27(36)29-8-2/h14-15,18H,7-13,16-17,19-20H2,1-6H3,(H2,29,30,31,36). The molecule has 0 atom stereocenters. The molecule has 0 aliphatic carbocycles. The number of hydrogen-bond acceptors (Lipinski definition) is 7. The zero-order valence-corrected chi connectivity index (χ0v) is 23.9. The van der Waals surface area contributed by atoms with Gasteiger partial charge in [0.15, 0.2) is 0 Å². The van der Waals surface area contributed by atoms with E-state index in [0.29, 0.717) is 44.0 Å². The Labute approximate surface area is 227 Å². The zero-order valence-electron chi connectivity index (χ0n) is 23.9. The molecule has 0 unspecified atom stereocenters. The van der Waals surface area contributed by atoms with Crippen LogP contribution in [0.3, 0.4) is 0 Å². The summed E-state index contributed by atoms with van der Waals surface area (Å²) in [6.07, 6.45) is 5.64. The van der Waals surface area contributed by atoms with Gasteiger partial charge < -0.3 is 24.6 Å². The van der Waals surface area contributed by atoms with Crippen LogP contribution in [0.5, 0.6) is 5.75 Å². The largest absolute Gasteiger partial charge is 0.494 e. The summed E-state index contributed by atoms with van der Waals surface area (Å²) in [5.41, 5.74) is 0.918. The molecule has 1 aliphatic rings. The molecule has 2 rings (SSSR count). The first-order valence-electron chi connectivity index (χ1n) is 13.6. The van der Waals surface area contributed by atoms with Gasteiger partial charge in [0.2, 0.25) is 11.9 Å². The van der Waals surface area contributed by atoms with Crippen molar-refractivity contribution in [2.24, 2.45) is 4.99 Å². The van der Waals surface area contributed by atoms with Crippen molar-refractivity contribution >= 4 is 29.6 Å². The number of aliphatic imine (C=N–C) groups is 1. The topological polar surface area (TPSA) is 113 Å². The first kappa shape index (κ1) is 30.9. The Bertz CT molecular complexity index is 973. The number of fused-ring (bicyclic) bond motifs is 1. The SMILES string of the molecule is CCCCCCN(C)C(=O)CCCOc1ccc2c(c1)CN(CC(=O)OC(C)(C)C)C(NC(=O)NCC)=N2. The Kier molecular flexibility index (Phi) is 12.4. The van der Waals surface area contributed by atoms with Crippen molar-refractivity contribution in [3.8, 4) is 5.75 Å². The summed E-state index contributed by atoms with van der Waals surface area (Å²) in [6.45, 7) is 11.4. The van der Waals surface area contributed by atoms with Gasteiger partial charge in [-0.15, -0.1) is 0 Å². The maximum Gasteiger partial charge on any atom is 0.326 e. The highest BCUT2D eigenvalue weighted by atomic mass is 16.6. The highest BCUT2D eigenvalue weighted by Crippen LogP contribution is 2.30. The number of nitrogens with zero attached hydrogens (tertiary/aromatic N) is 3. The van der Waals surface area contributed by atoms with Crippen molar-refractivity contribution in [1.82, 2.24) is 20.4 Å². The van der Waals surface area contributed by atoms with Crippen molar-refractivity contribution in [3.63, 3.8) is 0 Å². The summed E-state index contributed by atoms with van der Waals surface area (Å²) in [5.74, 6) is 0.658. The van der Waals surface area contributed by atoms with Crippen molar-refractivity contribution in [1.29, 1.82) is 0 Å². The average Bonchev–Trinajstić information content (AvgIpc) is 2.83. The number of rotatable bonds is 13. The number of nitrogens with one attached hydrogen (secondary N) is 2. The third kappa shape index (κ3) is 11.0. The van der Waals surface area contributed by atoms with E-state index in [9.17, 15) is 14.4 Å². The molecule has 38 heavy (non-hydrogen) atoms. The van der Waals surface area contributed by atoms with Crippen molar-refractivity contribution in [3.05, 3.63) is 23.8 Å². The van der Waals surface area contributed by atoms with Gasteiger partial charge in [-0.05, 0) is 58.7 Å². The second-order valence-corrected chi connectivity index (χ2v) is 10.5. The van der Waals surface area contributed by atoms with E-state index in [-0.39, 0.29) is 18.4 Å². The van der Waals surface area contributed by atoms with Gasteiger partial charge in [0.05, 0.1) is 12.3 Å². The van der Waals surface area contributed by atoms with E-state index in [4.69, 9.17) is 9.47 Å². The quantitative estimate of drug-likeness (QED) is 0.289. The lowest BCUT2D eigenvalue weighted by Gasteiger charge is -2.31. The average molecular weight is 532 g/mol. The van der Waals surface area contributed by atoms with E-state index in [0.717, 1.165) is 24.9 Å². The van der Waals surface area contributed by atoms with Crippen LogP contribution in [0.1, 0.15) is 78.7 Å². The first-order chi connectivity index (χ1) is 18.0. The first-order valence-corrected chi connectivity index (χ1v) is 13.6. The predicted molar refractivity (Wildman–Crippen MR) is 149 cm³/mol. The Morgan fingerprint density at radius 3 is 2.55 bits per heavy atom.